The van der Waals surface area contributed by atoms with Gasteiger partial charge in [0.25, 0.3) is 11.5 Å². The molecule has 10 heteroatoms. The number of nitrogens with zero attached hydrogens (tertiary/aromatic N) is 3. The minimum absolute atomic E-state index is 0.00970. The molecule has 31 heavy (non-hydrogen) atoms. The van der Waals surface area contributed by atoms with Gasteiger partial charge < -0.3 is 15.4 Å². The maximum Gasteiger partial charge on any atom is 0.330 e. The monoisotopic (exact) mass is 427 g/mol. The third-order valence-electron chi connectivity index (χ3n) is 4.62. The van der Waals surface area contributed by atoms with Crippen molar-refractivity contribution in [2.45, 2.75) is 13.0 Å². The first-order chi connectivity index (χ1) is 14.9. The van der Waals surface area contributed by atoms with Crippen LogP contribution >= 0.6 is 0 Å². The molecule has 0 saturated heterocycles. The Labute approximate surface area is 176 Å². The van der Waals surface area contributed by atoms with Crippen molar-refractivity contribution in [3.8, 4) is 0 Å². The van der Waals surface area contributed by atoms with Gasteiger partial charge >= 0.3 is 5.69 Å². The lowest BCUT2D eigenvalue weighted by molar-refractivity contribution is 0.0982. The van der Waals surface area contributed by atoms with Crippen LogP contribution in [0.25, 0.3) is 0 Å². The first kappa shape index (κ1) is 21.9. The Balaban J connectivity index is 2.09. The van der Waals surface area contributed by atoms with Crippen molar-refractivity contribution in [3.05, 3.63) is 86.6 Å². The molecule has 0 atom stereocenters. The Kier molecular flexibility index (Phi) is 6.93. The summed E-state index contributed by atoms with van der Waals surface area (Å²) in [6.07, 6.45) is 1.53. The van der Waals surface area contributed by atoms with Crippen molar-refractivity contribution in [3.63, 3.8) is 0 Å². The van der Waals surface area contributed by atoms with Gasteiger partial charge in [0.1, 0.15) is 5.82 Å². The topological polar surface area (TPSA) is 123 Å². The van der Waals surface area contributed by atoms with Crippen molar-refractivity contribution < 1.29 is 13.9 Å². The molecule has 1 amide bonds. The number of carbonyl (C=O) groups excluding carboxylic acids is 1. The molecule has 0 aliphatic rings. The minimum Gasteiger partial charge on any atom is -0.385 e. The molecule has 0 radical (unpaired) electrons. The second-order valence-electron chi connectivity index (χ2n) is 6.74. The van der Waals surface area contributed by atoms with E-state index in [2.05, 4.69) is 9.97 Å². The standard InChI is InChI=1S/C21H22FN5O4/c1-31-11-5-10-26(20(29)15-8-9-24-16(22)12-15)17-18(23)27(21(30)25-19(17)28)13-14-6-3-2-4-7-14/h2-4,6-9,12H,5,10-11,13,23H2,1H3,(H,25,28,30). The third-order valence-corrected chi connectivity index (χ3v) is 4.62. The number of methoxy groups -OCH3 is 1. The Bertz CT molecular complexity index is 1180. The number of rotatable bonds is 8. The maximum absolute atomic E-state index is 13.6. The molecule has 2 heterocycles. The third kappa shape index (κ3) is 5.04. The van der Waals surface area contributed by atoms with Crippen molar-refractivity contribution in [1.29, 1.82) is 0 Å². The number of H-pyrrole nitrogens is 1. The van der Waals surface area contributed by atoms with Crippen LogP contribution in [0.3, 0.4) is 0 Å². The number of carbonyl (C=O) groups is 1. The SMILES string of the molecule is COCCCN(C(=O)c1ccnc(F)c1)c1c(N)n(Cc2ccccc2)c(=O)[nH]c1=O. The average Bonchev–Trinajstić information content (AvgIpc) is 2.76. The largest absolute Gasteiger partial charge is 0.385 e. The molecule has 0 aliphatic carbocycles. The highest BCUT2D eigenvalue weighted by Gasteiger charge is 2.25. The lowest BCUT2D eigenvalue weighted by atomic mass is 10.2. The number of nitrogens with two attached hydrogens (primary N) is 1. The van der Waals surface area contributed by atoms with E-state index >= 15 is 0 Å². The van der Waals surface area contributed by atoms with Crippen LogP contribution in [-0.2, 0) is 11.3 Å². The van der Waals surface area contributed by atoms with E-state index in [1.165, 1.54) is 17.7 Å². The van der Waals surface area contributed by atoms with Gasteiger partial charge in [-0.15, -0.1) is 0 Å². The van der Waals surface area contributed by atoms with E-state index in [9.17, 15) is 18.8 Å². The summed E-state index contributed by atoms with van der Waals surface area (Å²) in [6, 6.07) is 11.4. The van der Waals surface area contributed by atoms with Crippen molar-refractivity contribution >= 4 is 17.4 Å². The van der Waals surface area contributed by atoms with E-state index < -0.39 is 23.1 Å². The summed E-state index contributed by atoms with van der Waals surface area (Å²) in [5.74, 6) is -1.66. The highest BCUT2D eigenvalue weighted by atomic mass is 19.1. The Morgan fingerprint density at radius 1 is 1.26 bits per heavy atom. The highest BCUT2D eigenvalue weighted by Crippen LogP contribution is 2.21. The lowest BCUT2D eigenvalue weighted by Gasteiger charge is -2.24. The zero-order chi connectivity index (χ0) is 22.4. The first-order valence-corrected chi connectivity index (χ1v) is 9.51. The van der Waals surface area contributed by atoms with Gasteiger partial charge in [-0.05, 0) is 18.1 Å². The molecular formula is C21H22FN5O4. The fourth-order valence-electron chi connectivity index (χ4n) is 3.13. The number of hydrogen-bond donors (Lipinski definition) is 2. The molecule has 3 rings (SSSR count). The summed E-state index contributed by atoms with van der Waals surface area (Å²) in [5.41, 5.74) is 5.29. The Morgan fingerprint density at radius 3 is 2.68 bits per heavy atom. The number of ether oxygens (including phenoxy) is 1. The van der Waals surface area contributed by atoms with Gasteiger partial charge in [0.15, 0.2) is 5.69 Å². The van der Waals surface area contributed by atoms with Gasteiger partial charge in [-0.3, -0.25) is 19.1 Å². The molecule has 3 aromatic rings. The van der Waals surface area contributed by atoms with Crippen LogP contribution in [0.5, 0.6) is 0 Å². The summed E-state index contributed by atoms with van der Waals surface area (Å²) in [4.78, 5) is 45.0. The summed E-state index contributed by atoms with van der Waals surface area (Å²) >= 11 is 0. The molecule has 0 saturated carbocycles. The van der Waals surface area contributed by atoms with Crippen LogP contribution in [0.2, 0.25) is 0 Å². The fourth-order valence-corrected chi connectivity index (χ4v) is 3.13. The predicted molar refractivity (Wildman–Crippen MR) is 114 cm³/mol. The molecule has 0 bridgehead atoms. The number of halogens is 1. The van der Waals surface area contributed by atoms with Crippen LogP contribution in [0.1, 0.15) is 22.3 Å². The number of hydrogen-bond acceptors (Lipinski definition) is 6. The fraction of sp³-hybridized carbons (Fsp3) is 0.238. The molecule has 3 N–H and O–H groups in total. The average molecular weight is 427 g/mol. The Hall–Kier alpha value is -3.79. The molecule has 0 unspecified atom stereocenters. The molecule has 9 nitrogen and oxygen atoms in total. The molecule has 162 valence electrons. The summed E-state index contributed by atoms with van der Waals surface area (Å²) in [7, 11) is 1.51. The molecule has 0 fully saturated rings. The van der Waals surface area contributed by atoms with E-state index in [-0.39, 0.29) is 30.2 Å². The lowest BCUT2D eigenvalue weighted by Crippen LogP contribution is -2.42. The first-order valence-electron chi connectivity index (χ1n) is 9.51. The highest BCUT2D eigenvalue weighted by molar-refractivity contribution is 6.07. The summed E-state index contributed by atoms with van der Waals surface area (Å²) in [5, 5.41) is 0. The van der Waals surface area contributed by atoms with E-state index in [4.69, 9.17) is 10.5 Å². The predicted octanol–water partition coefficient (Wildman–Crippen LogP) is 1.38. The summed E-state index contributed by atoms with van der Waals surface area (Å²) in [6.45, 7) is 0.475. The summed E-state index contributed by atoms with van der Waals surface area (Å²) < 4.78 is 19.8. The second kappa shape index (κ2) is 9.81. The van der Waals surface area contributed by atoms with Gasteiger partial charge in [-0.2, -0.15) is 4.39 Å². The van der Waals surface area contributed by atoms with Crippen LogP contribution in [0.4, 0.5) is 15.9 Å². The van der Waals surface area contributed by atoms with Gasteiger partial charge in [0, 0.05) is 38.1 Å². The van der Waals surface area contributed by atoms with E-state index in [1.807, 2.05) is 18.2 Å². The van der Waals surface area contributed by atoms with E-state index in [0.29, 0.717) is 13.0 Å². The smallest absolute Gasteiger partial charge is 0.330 e. The Morgan fingerprint density at radius 2 is 2.00 bits per heavy atom. The zero-order valence-corrected chi connectivity index (χ0v) is 16.9. The van der Waals surface area contributed by atoms with Crippen molar-refractivity contribution in [2.75, 3.05) is 30.9 Å². The molecule has 1 aromatic carbocycles. The zero-order valence-electron chi connectivity index (χ0n) is 16.9. The number of aromatic amines is 1. The molecule has 2 aromatic heterocycles. The van der Waals surface area contributed by atoms with E-state index in [1.54, 1.807) is 12.1 Å². The van der Waals surface area contributed by atoms with Crippen LogP contribution < -0.4 is 21.9 Å². The number of benzene rings is 1. The molecule has 0 spiro atoms. The number of anilines is 2. The maximum atomic E-state index is 13.6. The number of nitrogens with one attached hydrogen (secondary N) is 1. The van der Waals surface area contributed by atoms with Crippen LogP contribution in [-0.4, -0.2) is 40.7 Å². The molecular weight excluding hydrogens is 405 g/mol. The number of pyridine rings is 1. The van der Waals surface area contributed by atoms with Crippen LogP contribution in [0.15, 0.2) is 58.3 Å². The quantitative estimate of drug-likeness (QED) is 0.414. The number of amides is 1. The van der Waals surface area contributed by atoms with Crippen LogP contribution in [0, 0.1) is 5.95 Å². The minimum atomic E-state index is -0.835. The van der Waals surface area contributed by atoms with Crippen molar-refractivity contribution in [1.82, 2.24) is 14.5 Å². The second-order valence-corrected chi connectivity index (χ2v) is 6.74. The van der Waals surface area contributed by atoms with Gasteiger partial charge in [0.05, 0.1) is 6.54 Å². The van der Waals surface area contributed by atoms with E-state index in [0.717, 1.165) is 22.7 Å². The normalized spacial score (nSPS) is 10.8. The van der Waals surface area contributed by atoms with Gasteiger partial charge in [-0.25, -0.2) is 9.78 Å². The van der Waals surface area contributed by atoms with Crippen molar-refractivity contribution in [2.24, 2.45) is 0 Å². The number of nitrogen functional groups attached to an aromatic ring is 1. The molecule has 0 aliphatic heterocycles. The van der Waals surface area contributed by atoms with Gasteiger partial charge in [0.2, 0.25) is 5.95 Å². The van der Waals surface area contributed by atoms with Gasteiger partial charge in [-0.1, -0.05) is 30.3 Å². The number of aromatic nitrogens is 3.